The van der Waals surface area contributed by atoms with Gasteiger partial charge in [0.05, 0.1) is 17.4 Å². The number of hydrogen-bond donors (Lipinski definition) is 3. The molecule has 98 valence electrons. The number of thioether (sulfide) groups is 1. The molecule has 2 rings (SSSR count). The lowest BCUT2D eigenvalue weighted by Gasteiger charge is -2.08. The highest BCUT2D eigenvalue weighted by molar-refractivity contribution is 7.98. The Morgan fingerprint density at radius 3 is 2.63 bits per heavy atom. The summed E-state index contributed by atoms with van der Waals surface area (Å²) < 4.78 is 0. The molecule has 0 aliphatic rings. The van der Waals surface area contributed by atoms with Crippen molar-refractivity contribution >= 4 is 34.9 Å². The van der Waals surface area contributed by atoms with Crippen LogP contribution in [0.4, 0.5) is 17.2 Å². The number of nitrogens with one attached hydrogen (secondary N) is 1. The standard InChI is InChI=1S/C13H13N3O2S/c1-19-9-4-2-8(3-5-9)16-12-6-10(13(17)18)11(14)7-15-12/h2-7H,14H2,1H3,(H,15,16)(H,17,18). The van der Waals surface area contributed by atoms with Crippen LogP contribution in [-0.4, -0.2) is 22.3 Å². The lowest BCUT2D eigenvalue weighted by Crippen LogP contribution is -2.05. The molecule has 0 bridgehead atoms. The maximum absolute atomic E-state index is 11.0. The number of carboxylic acids is 1. The van der Waals surface area contributed by atoms with Crippen molar-refractivity contribution in [2.24, 2.45) is 0 Å². The number of nitrogen functional groups attached to an aromatic ring is 1. The van der Waals surface area contributed by atoms with E-state index in [2.05, 4.69) is 10.3 Å². The highest BCUT2D eigenvalue weighted by atomic mass is 32.2. The van der Waals surface area contributed by atoms with Gasteiger partial charge in [-0.25, -0.2) is 9.78 Å². The van der Waals surface area contributed by atoms with Gasteiger partial charge in [-0.2, -0.15) is 0 Å². The van der Waals surface area contributed by atoms with Crippen LogP contribution in [0.5, 0.6) is 0 Å². The molecule has 0 spiro atoms. The van der Waals surface area contributed by atoms with Gasteiger partial charge in [0.25, 0.3) is 0 Å². The van der Waals surface area contributed by atoms with Crippen LogP contribution in [0, 0.1) is 0 Å². The van der Waals surface area contributed by atoms with E-state index in [1.807, 2.05) is 30.5 Å². The minimum Gasteiger partial charge on any atom is -0.478 e. The summed E-state index contributed by atoms with van der Waals surface area (Å²) in [6, 6.07) is 9.18. The number of carboxylic acid groups (broad SMARTS) is 1. The van der Waals surface area contributed by atoms with Gasteiger partial charge in [-0.15, -0.1) is 11.8 Å². The molecule has 0 atom stereocenters. The van der Waals surface area contributed by atoms with E-state index in [0.29, 0.717) is 5.82 Å². The van der Waals surface area contributed by atoms with Crippen LogP contribution in [0.1, 0.15) is 10.4 Å². The maximum atomic E-state index is 11.0. The first kappa shape index (κ1) is 13.2. The first-order valence-electron chi connectivity index (χ1n) is 5.50. The number of pyridine rings is 1. The predicted molar refractivity (Wildman–Crippen MR) is 77.1 cm³/mol. The van der Waals surface area contributed by atoms with Crippen molar-refractivity contribution in [2.45, 2.75) is 4.90 Å². The second-order valence-corrected chi connectivity index (χ2v) is 4.70. The number of aromatic carboxylic acids is 1. The van der Waals surface area contributed by atoms with E-state index in [9.17, 15) is 4.79 Å². The van der Waals surface area contributed by atoms with Gasteiger partial charge in [-0.1, -0.05) is 0 Å². The summed E-state index contributed by atoms with van der Waals surface area (Å²) in [6.45, 7) is 0. The Morgan fingerprint density at radius 1 is 1.37 bits per heavy atom. The summed E-state index contributed by atoms with van der Waals surface area (Å²) >= 11 is 1.65. The van der Waals surface area contributed by atoms with Crippen molar-refractivity contribution in [2.75, 3.05) is 17.3 Å². The summed E-state index contributed by atoms with van der Waals surface area (Å²) in [5.41, 5.74) is 6.58. The SMILES string of the molecule is CSc1ccc(Nc2cc(C(=O)O)c(N)cn2)cc1. The number of aromatic nitrogens is 1. The Labute approximate surface area is 114 Å². The van der Waals surface area contributed by atoms with Gasteiger partial charge in [0.15, 0.2) is 0 Å². The summed E-state index contributed by atoms with van der Waals surface area (Å²) in [7, 11) is 0. The van der Waals surface area contributed by atoms with Crippen LogP contribution in [0.25, 0.3) is 0 Å². The van der Waals surface area contributed by atoms with Crippen molar-refractivity contribution in [3.63, 3.8) is 0 Å². The molecule has 0 aliphatic carbocycles. The zero-order chi connectivity index (χ0) is 13.8. The normalized spacial score (nSPS) is 10.2. The molecule has 0 radical (unpaired) electrons. The Balaban J connectivity index is 2.22. The maximum Gasteiger partial charge on any atom is 0.337 e. The molecular weight excluding hydrogens is 262 g/mol. The number of rotatable bonds is 4. The van der Waals surface area contributed by atoms with Gasteiger partial charge >= 0.3 is 5.97 Å². The predicted octanol–water partition coefficient (Wildman–Crippen LogP) is 2.83. The van der Waals surface area contributed by atoms with Crippen LogP contribution in [0.3, 0.4) is 0 Å². The number of nitrogens with zero attached hydrogens (tertiary/aromatic N) is 1. The summed E-state index contributed by atoms with van der Waals surface area (Å²) in [5, 5.41) is 12.0. The van der Waals surface area contributed by atoms with E-state index in [0.717, 1.165) is 10.6 Å². The molecule has 1 aromatic carbocycles. The first-order chi connectivity index (χ1) is 9.10. The second-order valence-electron chi connectivity index (χ2n) is 3.82. The number of anilines is 3. The third-order valence-corrected chi connectivity index (χ3v) is 3.27. The zero-order valence-corrected chi connectivity index (χ0v) is 11.1. The summed E-state index contributed by atoms with van der Waals surface area (Å²) in [4.78, 5) is 16.2. The Morgan fingerprint density at radius 2 is 2.05 bits per heavy atom. The minimum atomic E-state index is -1.07. The topological polar surface area (TPSA) is 88.2 Å². The molecule has 6 heteroatoms. The Hall–Kier alpha value is -2.21. The minimum absolute atomic E-state index is 0.0400. The monoisotopic (exact) mass is 275 g/mol. The molecule has 1 heterocycles. The average molecular weight is 275 g/mol. The van der Waals surface area contributed by atoms with Gasteiger partial charge in [-0.3, -0.25) is 0 Å². The van der Waals surface area contributed by atoms with Crippen LogP contribution in [0.15, 0.2) is 41.4 Å². The average Bonchev–Trinajstić information content (AvgIpc) is 2.41. The van der Waals surface area contributed by atoms with Crippen LogP contribution in [-0.2, 0) is 0 Å². The summed E-state index contributed by atoms with van der Waals surface area (Å²) in [6.07, 6.45) is 3.34. The number of hydrogen-bond acceptors (Lipinski definition) is 5. The number of benzene rings is 1. The Bertz CT molecular complexity index is 599. The van der Waals surface area contributed by atoms with E-state index >= 15 is 0 Å². The van der Waals surface area contributed by atoms with Crippen molar-refractivity contribution in [1.82, 2.24) is 4.98 Å². The molecule has 0 saturated heterocycles. The van der Waals surface area contributed by atoms with E-state index in [1.165, 1.54) is 12.3 Å². The molecule has 0 unspecified atom stereocenters. The molecule has 0 fully saturated rings. The fourth-order valence-electron chi connectivity index (χ4n) is 1.54. The van der Waals surface area contributed by atoms with Gasteiger partial charge in [-0.05, 0) is 36.6 Å². The molecule has 19 heavy (non-hydrogen) atoms. The van der Waals surface area contributed by atoms with Crippen molar-refractivity contribution in [1.29, 1.82) is 0 Å². The zero-order valence-electron chi connectivity index (χ0n) is 10.3. The number of carbonyl (C=O) groups is 1. The van der Waals surface area contributed by atoms with Gasteiger partial charge in [0.1, 0.15) is 5.82 Å². The highest BCUT2D eigenvalue weighted by Gasteiger charge is 2.09. The molecule has 1 aromatic heterocycles. The lowest BCUT2D eigenvalue weighted by atomic mass is 10.2. The number of nitrogens with two attached hydrogens (primary N) is 1. The van der Waals surface area contributed by atoms with Gasteiger partial charge in [0.2, 0.25) is 0 Å². The van der Waals surface area contributed by atoms with Crippen molar-refractivity contribution < 1.29 is 9.90 Å². The fourth-order valence-corrected chi connectivity index (χ4v) is 1.95. The summed E-state index contributed by atoms with van der Waals surface area (Å²) in [5.74, 6) is -0.621. The quantitative estimate of drug-likeness (QED) is 0.744. The molecule has 5 nitrogen and oxygen atoms in total. The van der Waals surface area contributed by atoms with Gasteiger partial charge in [0, 0.05) is 10.6 Å². The molecule has 2 aromatic rings. The van der Waals surface area contributed by atoms with Crippen LogP contribution >= 0.6 is 11.8 Å². The smallest absolute Gasteiger partial charge is 0.337 e. The van der Waals surface area contributed by atoms with E-state index < -0.39 is 5.97 Å². The van der Waals surface area contributed by atoms with Crippen molar-refractivity contribution in [3.05, 3.63) is 42.1 Å². The molecule has 0 saturated carbocycles. The van der Waals surface area contributed by atoms with Gasteiger partial charge < -0.3 is 16.2 Å². The highest BCUT2D eigenvalue weighted by Crippen LogP contribution is 2.21. The molecular formula is C13H13N3O2S. The van der Waals surface area contributed by atoms with E-state index in [-0.39, 0.29) is 11.3 Å². The van der Waals surface area contributed by atoms with Crippen molar-refractivity contribution in [3.8, 4) is 0 Å². The third-order valence-electron chi connectivity index (χ3n) is 2.53. The molecule has 4 N–H and O–H groups in total. The third kappa shape index (κ3) is 3.17. The lowest BCUT2D eigenvalue weighted by molar-refractivity contribution is 0.0698. The fraction of sp³-hybridized carbons (Fsp3) is 0.0769. The molecule has 0 amide bonds. The van der Waals surface area contributed by atoms with E-state index in [1.54, 1.807) is 11.8 Å². The first-order valence-corrected chi connectivity index (χ1v) is 6.72. The van der Waals surface area contributed by atoms with E-state index in [4.69, 9.17) is 10.8 Å². The van der Waals surface area contributed by atoms with Crippen LogP contribution < -0.4 is 11.1 Å². The second kappa shape index (κ2) is 5.62. The Kier molecular flexibility index (Phi) is 3.91. The molecule has 0 aliphatic heterocycles. The largest absolute Gasteiger partial charge is 0.478 e. The van der Waals surface area contributed by atoms with Crippen LogP contribution in [0.2, 0.25) is 0 Å².